The van der Waals surface area contributed by atoms with Crippen LogP contribution in [0.15, 0.2) is 12.1 Å². The average molecular weight is 193 g/mol. The number of aromatic hydroxyl groups is 2. The lowest BCUT2D eigenvalue weighted by molar-refractivity contribution is 0.368. The molecule has 0 fully saturated rings. The Kier molecular flexibility index (Phi) is 1.93. The zero-order valence-corrected chi connectivity index (χ0v) is 8.46. The van der Waals surface area contributed by atoms with E-state index in [4.69, 9.17) is 0 Å². The molecule has 14 heavy (non-hydrogen) atoms. The van der Waals surface area contributed by atoms with Crippen LogP contribution in [-0.4, -0.2) is 16.8 Å². The van der Waals surface area contributed by atoms with Gasteiger partial charge >= 0.3 is 0 Å². The fraction of sp³-hybridized carbons (Fsp3) is 0.455. The number of phenols is 2. The van der Waals surface area contributed by atoms with E-state index in [2.05, 4.69) is 19.2 Å². The largest absolute Gasteiger partial charge is 0.504 e. The molecule has 0 saturated heterocycles. The smallest absolute Gasteiger partial charge is 0.157 e. The van der Waals surface area contributed by atoms with Crippen LogP contribution in [0.4, 0.5) is 0 Å². The van der Waals surface area contributed by atoms with Crippen LogP contribution in [0, 0.1) is 0 Å². The predicted molar refractivity (Wildman–Crippen MR) is 54.5 cm³/mol. The van der Waals surface area contributed by atoms with Crippen LogP contribution in [0.25, 0.3) is 0 Å². The lowest BCUT2D eigenvalue weighted by Gasteiger charge is -2.34. The Bertz CT molecular complexity index is 372. The highest BCUT2D eigenvalue weighted by atomic mass is 16.3. The Morgan fingerprint density at radius 2 is 1.86 bits per heavy atom. The molecular weight excluding hydrogens is 178 g/mol. The van der Waals surface area contributed by atoms with Crippen LogP contribution in [-0.2, 0) is 12.0 Å². The summed E-state index contributed by atoms with van der Waals surface area (Å²) in [4.78, 5) is 0. The summed E-state index contributed by atoms with van der Waals surface area (Å²) in [7, 11) is 0. The molecule has 0 unspecified atom stereocenters. The van der Waals surface area contributed by atoms with Gasteiger partial charge < -0.3 is 15.5 Å². The van der Waals surface area contributed by atoms with Gasteiger partial charge in [-0.15, -0.1) is 0 Å². The normalized spacial score (nSPS) is 19.0. The van der Waals surface area contributed by atoms with Crippen LogP contribution in [0.5, 0.6) is 11.5 Å². The zero-order chi connectivity index (χ0) is 10.3. The van der Waals surface area contributed by atoms with Crippen molar-refractivity contribution in [1.29, 1.82) is 0 Å². The van der Waals surface area contributed by atoms with Gasteiger partial charge in [-0.1, -0.05) is 0 Å². The van der Waals surface area contributed by atoms with Crippen molar-refractivity contribution in [2.45, 2.75) is 25.8 Å². The molecule has 0 aliphatic carbocycles. The second-order valence-electron chi connectivity index (χ2n) is 4.30. The summed E-state index contributed by atoms with van der Waals surface area (Å²) in [5.74, 6) is -0.0676. The summed E-state index contributed by atoms with van der Waals surface area (Å²) in [6.45, 7) is 5.05. The first-order chi connectivity index (χ1) is 6.50. The monoisotopic (exact) mass is 193 g/mol. The highest BCUT2D eigenvalue weighted by molar-refractivity contribution is 5.48. The van der Waals surface area contributed by atoms with Gasteiger partial charge in [-0.05, 0) is 50.1 Å². The third-order valence-corrected chi connectivity index (χ3v) is 2.84. The minimum atomic E-state index is -0.126. The number of hydrogen-bond donors (Lipinski definition) is 3. The van der Waals surface area contributed by atoms with E-state index < -0.39 is 0 Å². The molecule has 0 atom stereocenters. The van der Waals surface area contributed by atoms with E-state index in [0.29, 0.717) is 0 Å². The second kappa shape index (κ2) is 2.89. The molecule has 1 aliphatic heterocycles. The van der Waals surface area contributed by atoms with Gasteiger partial charge in [0.2, 0.25) is 0 Å². The molecule has 2 rings (SSSR count). The number of phenolic OH excluding ortho intramolecular Hbond substituents is 2. The van der Waals surface area contributed by atoms with Gasteiger partial charge in [0.1, 0.15) is 0 Å². The lowest BCUT2D eigenvalue weighted by Crippen LogP contribution is -2.42. The SMILES string of the molecule is CC1(C)NCCc2cc(O)c(O)cc21. The lowest BCUT2D eigenvalue weighted by atomic mass is 9.85. The first-order valence-corrected chi connectivity index (χ1v) is 4.81. The zero-order valence-electron chi connectivity index (χ0n) is 8.46. The molecule has 0 bridgehead atoms. The molecule has 1 aromatic rings. The number of rotatable bonds is 0. The van der Waals surface area contributed by atoms with Gasteiger partial charge in [-0.3, -0.25) is 0 Å². The van der Waals surface area contributed by atoms with E-state index in [1.807, 2.05) is 0 Å². The van der Waals surface area contributed by atoms with Crippen molar-refractivity contribution in [2.75, 3.05) is 6.54 Å². The van der Waals surface area contributed by atoms with Crippen LogP contribution in [0.1, 0.15) is 25.0 Å². The topological polar surface area (TPSA) is 52.5 Å². The van der Waals surface area contributed by atoms with E-state index in [9.17, 15) is 10.2 Å². The van der Waals surface area contributed by atoms with E-state index in [1.54, 1.807) is 12.1 Å². The van der Waals surface area contributed by atoms with E-state index >= 15 is 0 Å². The summed E-state index contributed by atoms with van der Waals surface area (Å²) in [6.07, 6.45) is 0.895. The van der Waals surface area contributed by atoms with Crippen LogP contribution in [0.3, 0.4) is 0 Å². The fourth-order valence-electron chi connectivity index (χ4n) is 2.01. The minimum Gasteiger partial charge on any atom is -0.504 e. The minimum absolute atomic E-state index is 0.0264. The van der Waals surface area contributed by atoms with E-state index in [0.717, 1.165) is 24.1 Å². The van der Waals surface area contributed by atoms with Gasteiger partial charge in [0.15, 0.2) is 11.5 Å². The van der Waals surface area contributed by atoms with Crippen LogP contribution >= 0.6 is 0 Å². The Morgan fingerprint density at radius 1 is 1.21 bits per heavy atom. The molecule has 3 nitrogen and oxygen atoms in total. The maximum Gasteiger partial charge on any atom is 0.157 e. The molecule has 0 saturated carbocycles. The molecule has 1 aromatic carbocycles. The number of fused-ring (bicyclic) bond motifs is 1. The molecule has 0 radical (unpaired) electrons. The number of benzene rings is 1. The molecule has 3 heteroatoms. The quantitative estimate of drug-likeness (QED) is 0.547. The van der Waals surface area contributed by atoms with Gasteiger partial charge in [0.25, 0.3) is 0 Å². The maximum absolute atomic E-state index is 9.43. The molecule has 1 heterocycles. The number of nitrogens with one attached hydrogen (secondary N) is 1. The van der Waals surface area contributed by atoms with Crippen molar-refractivity contribution < 1.29 is 10.2 Å². The van der Waals surface area contributed by atoms with Crippen molar-refractivity contribution in [3.63, 3.8) is 0 Å². The standard InChI is InChI=1S/C11H15NO2/c1-11(2)8-6-10(14)9(13)5-7(8)3-4-12-11/h5-6,12-14H,3-4H2,1-2H3. The van der Waals surface area contributed by atoms with E-state index in [-0.39, 0.29) is 17.0 Å². The summed E-state index contributed by atoms with van der Waals surface area (Å²) in [5, 5.41) is 22.2. The molecule has 1 aliphatic rings. The molecule has 0 aromatic heterocycles. The predicted octanol–water partition coefficient (Wildman–Crippen LogP) is 1.48. The third kappa shape index (κ3) is 1.34. The van der Waals surface area contributed by atoms with Crippen molar-refractivity contribution in [3.05, 3.63) is 23.3 Å². The summed E-state index contributed by atoms with van der Waals surface area (Å²) in [5.41, 5.74) is 2.06. The first-order valence-electron chi connectivity index (χ1n) is 4.81. The molecular formula is C11H15NO2. The summed E-state index contributed by atoms with van der Waals surface area (Å²) >= 11 is 0. The van der Waals surface area contributed by atoms with Crippen molar-refractivity contribution in [1.82, 2.24) is 5.32 Å². The third-order valence-electron chi connectivity index (χ3n) is 2.84. The van der Waals surface area contributed by atoms with Crippen LogP contribution in [0.2, 0.25) is 0 Å². The van der Waals surface area contributed by atoms with Gasteiger partial charge in [-0.25, -0.2) is 0 Å². The maximum atomic E-state index is 9.43. The van der Waals surface area contributed by atoms with Crippen molar-refractivity contribution in [2.24, 2.45) is 0 Å². The average Bonchev–Trinajstić information content (AvgIpc) is 2.08. The van der Waals surface area contributed by atoms with Gasteiger partial charge in [-0.2, -0.15) is 0 Å². The van der Waals surface area contributed by atoms with Crippen molar-refractivity contribution >= 4 is 0 Å². The van der Waals surface area contributed by atoms with Crippen molar-refractivity contribution in [3.8, 4) is 11.5 Å². The second-order valence-corrected chi connectivity index (χ2v) is 4.30. The Labute approximate surface area is 83.4 Å². The van der Waals surface area contributed by atoms with Gasteiger partial charge in [0.05, 0.1) is 0 Å². The summed E-state index contributed by atoms with van der Waals surface area (Å²) < 4.78 is 0. The highest BCUT2D eigenvalue weighted by Gasteiger charge is 2.27. The highest BCUT2D eigenvalue weighted by Crippen LogP contribution is 2.35. The molecule has 0 spiro atoms. The molecule has 3 N–H and O–H groups in total. The molecule has 76 valence electrons. The van der Waals surface area contributed by atoms with Gasteiger partial charge in [0, 0.05) is 5.54 Å². The van der Waals surface area contributed by atoms with E-state index in [1.165, 1.54) is 0 Å². The Balaban J connectivity index is 2.59. The number of hydrogen-bond acceptors (Lipinski definition) is 3. The Morgan fingerprint density at radius 3 is 2.57 bits per heavy atom. The summed E-state index contributed by atoms with van der Waals surface area (Å²) in [6, 6.07) is 3.31. The van der Waals surface area contributed by atoms with Crippen LogP contribution < -0.4 is 5.32 Å². The first kappa shape index (κ1) is 9.34. The Hall–Kier alpha value is -1.22. The fourth-order valence-corrected chi connectivity index (χ4v) is 2.01. The molecule has 0 amide bonds.